The van der Waals surface area contributed by atoms with E-state index in [-0.39, 0.29) is 10.6 Å². The number of hydrogen-bond acceptors (Lipinski definition) is 3. The molecule has 0 radical (unpaired) electrons. The molecule has 2 rings (SSSR count). The maximum absolute atomic E-state index is 13.3. The molecule has 0 aromatic heterocycles. The van der Waals surface area contributed by atoms with Gasteiger partial charge in [-0.1, -0.05) is 15.9 Å². The molecule has 3 nitrogen and oxygen atoms in total. The molecule has 0 heterocycles. The summed E-state index contributed by atoms with van der Waals surface area (Å²) < 4.78 is 38.6. The van der Waals surface area contributed by atoms with Crippen LogP contribution in [0.2, 0.25) is 0 Å². The number of anilines is 1. The lowest BCUT2D eigenvalue weighted by Crippen LogP contribution is -2.07. The number of benzene rings is 2. The minimum Gasteiger partial charge on any atom is -0.399 e. The highest BCUT2D eigenvalue weighted by Gasteiger charge is 2.18. The number of rotatable bonds is 3. The second kappa shape index (κ2) is 5.54. The quantitative estimate of drug-likeness (QED) is 0.855. The molecule has 2 aromatic carbocycles. The van der Waals surface area contributed by atoms with Gasteiger partial charge in [0.15, 0.2) is 9.84 Å². The molecule has 0 saturated heterocycles. The fourth-order valence-corrected chi connectivity index (χ4v) is 4.11. The molecule has 0 unspecified atom stereocenters. The van der Waals surface area contributed by atoms with Crippen molar-refractivity contribution in [3.05, 3.63) is 57.8 Å². The van der Waals surface area contributed by atoms with E-state index >= 15 is 0 Å². The summed E-state index contributed by atoms with van der Waals surface area (Å²) in [6, 6.07) is 8.72. The Morgan fingerprint density at radius 2 is 1.90 bits per heavy atom. The number of nitrogen functional groups attached to an aromatic ring is 1. The van der Waals surface area contributed by atoms with Crippen LogP contribution in [0.25, 0.3) is 0 Å². The van der Waals surface area contributed by atoms with Gasteiger partial charge in [0.05, 0.1) is 10.6 Å². The summed E-state index contributed by atoms with van der Waals surface area (Å²) in [5.74, 6) is -0.729. The van der Waals surface area contributed by atoms with Crippen molar-refractivity contribution in [3.8, 4) is 0 Å². The van der Waals surface area contributed by atoms with Crippen LogP contribution in [0.4, 0.5) is 10.1 Å². The number of aryl methyl sites for hydroxylation is 1. The first-order valence-corrected chi connectivity index (χ1v) is 8.26. The number of nitrogens with two attached hydrogens (primary N) is 1. The molecule has 2 N–H and O–H groups in total. The van der Waals surface area contributed by atoms with Gasteiger partial charge in [0.2, 0.25) is 0 Å². The SMILES string of the molecule is Cc1cc(N)ccc1S(=O)(=O)Cc1cc(F)cc(Br)c1. The molecule has 0 atom stereocenters. The Labute approximate surface area is 125 Å². The lowest BCUT2D eigenvalue weighted by molar-refractivity contribution is 0.594. The smallest absolute Gasteiger partial charge is 0.182 e. The Balaban J connectivity index is 2.40. The zero-order valence-corrected chi connectivity index (χ0v) is 13.1. The van der Waals surface area contributed by atoms with E-state index in [0.29, 0.717) is 21.3 Å². The van der Waals surface area contributed by atoms with Gasteiger partial charge in [0.1, 0.15) is 5.82 Å². The normalized spacial score (nSPS) is 11.6. The predicted molar refractivity (Wildman–Crippen MR) is 80.6 cm³/mol. The van der Waals surface area contributed by atoms with Crippen LogP contribution in [-0.4, -0.2) is 8.42 Å². The van der Waals surface area contributed by atoms with Crippen molar-refractivity contribution >= 4 is 31.5 Å². The molecule has 0 aliphatic carbocycles. The summed E-state index contributed by atoms with van der Waals surface area (Å²) in [6.45, 7) is 1.69. The van der Waals surface area contributed by atoms with E-state index in [9.17, 15) is 12.8 Å². The highest BCUT2D eigenvalue weighted by Crippen LogP contribution is 2.24. The third-order valence-corrected chi connectivity index (χ3v) is 5.11. The van der Waals surface area contributed by atoms with E-state index in [1.807, 2.05) is 0 Å². The zero-order valence-electron chi connectivity index (χ0n) is 10.7. The first kappa shape index (κ1) is 15.0. The van der Waals surface area contributed by atoms with Gasteiger partial charge in [-0.25, -0.2) is 12.8 Å². The van der Waals surface area contributed by atoms with Gasteiger partial charge >= 0.3 is 0 Å². The summed E-state index contributed by atoms with van der Waals surface area (Å²) in [5.41, 5.74) is 7.10. The molecule has 0 aliphatic rings. The van der Waals surface area contributed by atoms with E-state index in [2.05, 4.69) is 15.9 Å². The highest BCUT2D eigenvalue weighted by molar-refractivity contribution is 9.10. The van der Waals surface area contributed by atoms with Crippen LogP contribution < -0.4 is 5.73 Å². The summed E-state index contributed by atoms with van der Waals surface area (Å²) in [5, 5.41) is 0. The van der Waals surface area contributed by atoms with Gasteiger partial charge in [-0.05, 0) is 54.4 Å². The monoisotopic (exact) mass is 357 g/mol. The Morgan fingerprint density at radius 3 is 2.50 bits per heavy atom. The van der Waals surface area contributed by atoms with Crippen LogP contribution in [0.15, 0.2) is 45.8 Å². The fourth-order valence-electron chi connectivity index (χ4n) is 2.01. The van der Waals surface area contributed by atoms with Crippen molar-refractivity contribution in [2.24, 2.45) is 0 Å². The van der Waals surface area contributed by atoms with Crippen LogP contribution in [0.1, 0.15) is 11.1 Å². The minimum absolute atomic E-state index is 0.215. The molecular formula is C14H13BrFNO2S. The van der Waals surface area contributed by atoms with Gasteiger partial charge in [0, 0.05) is 10.2 Å². The standard InChI is InChI=1S/C14H13BrFNO2S/c1-9-4-13(17)2-3-14(9)20(18,19)8-10-5-11(15)7-12(16)6-10/h2-7H,8,17H2,1H3. The molecule has 0 bridgehead atoms. The third-order valence-electron chi connectivity index (χ3n) is 2.81. The van der Waals surface area contributed by atoms with Crippen molar-refractivity contribution < 1.29 is 12.8 Å². The summed E-state index contributed by atoms with van der Waals surface area (Å²) in [6.07, 6.45) is 0. The molecule has 20 heavy (non-hydrogen) atoms. The molecule has 0 saturated carbocycles. The molecule has 0 spiro atoms. The second-order valence-electron chi connectivity index (χ2n) is 4.56. The van der Waals surface area contributed by atoms with Crippen molar-refractivity contribution in [1.82, 2.24) is 0 Å². The Morgan fingerprint density at radius 1 is 1.20 bits per heavy atom. The first-order valence-electron chi connectivity index (χ1n) is 5.82. The number of sulfone groups is 1. The van der Waals surface area contributed by atoms with Crippen molar-refractivity contribution in [2.45, 2.75) is 17.6 Å². The van der Waals surface area contributed by atoms with Crippen LogP contribution >= 0.6 is 15.9 Å². The van der Waals surface area contributed by atoms with Gasteiger partial charge in [-0.2, -0.15) is 0 Å². The second-order valence-corrected chi connectivity index (χ2v) is 7.44. The van der Waals surface area contributed by atoms with Crippen LogP contribution in [-0.2, 0) is 15.6 Å². The lowest BCUT2D eigenvalue weighted by atomic mass is 10.2. The Bertz CT molecular complexity index is 740. The number of halogens is 2. The molecule has 0 amide bonds. The largest absolute Gasteiger partial charge is 0.399 e. The summed E-state index contributed by atoms with van der Waals surface area (Å²) in [7, 11) is -3.54. The Kier molecular flexibility index (Phi) is 4.15. The molecule has 0 aliphatic heterocycles. The van der Waals surface area contributed by atoms with Gasteiger partial charge in [0.25, 0.3) is 0 Å². The number of hydrogen-bond donors (Lipinski definition) is 1. The summed E-state index contributed by atoms with van der Waals surface area (Å²) in [4.78, 5) is 0.215. The van der Waals surface area contributed by atoms with E-state index in [1.54, 1.807) is 25.1 Å². The third kappa shape index (κ3) is 3.37. The molecule has 6 heteroatoms. The average molecular weight is 358 g/mol. The van der Waals surface area contributed by atoms with E-state index in [0.717, 1.165) is 0 Å². The Hall–Kier alpha value is -1.40. The van der Waals surface area contributed by atoms with Crippen LogP contribution in [0, 0.1) is 12.7 Å². The van der Waals surface area contributed by atoms with Crippen molar-refractivity contribution in [1.29, 1.82) is 0 Å². The fraction of sp³-hybridized carbons (Fsp3) is 0.143. The average Bonchev–Trinajstić information content (AvgIpc) is 2.25. The van der Waals surface area contributed by atoms with E-state index in [1.165, 1.54) is 18.2 Å². The van der Waals surface area contributed by atoms with Gasteiger partial charge in [-0.3, -0.25) is 0 Å². The maximum atomic E-state index is 13.3. The zero-order chi connectivity index (χ0) is 14.9. The van der Waals surface area contributed by atoms with E-state index < -0.39 is 15.7 Å². The summed E-state index contributed by atoms with van der Waals surface area (Å²) >= 11 is 3.15. The highest BCUT2D eigenvalue weighted by atomic mass is 79.9. The van der Waals surface area contributed by atoms with E-state index in [4.69, 9.17) is 5.73 Å². The van der Waals surface area contributed by atoms with Crippen molar-refractivity contribution in [3.63, 3.8) is 0 Å². The molecular weight excluding hydrogens is 345 g/mol. The molecule has 106 valence electrons. The van der Waals surface area contributed by atoms with Gasteiger partial charge in [-0.15, -0.1) is 0 Å². The molecule has 2 aromatic rings. The first-order chi connectivity index (χ1) is 9.28. The van der Waals surface area contributed by atoms with Gasteiger partial charge < -0.3 is 5.73 Å². The van der Waals surface area contributed by atoms with Crippen LogP contribution in [0.3, 0.4) is 0 Å². The minimum atomic E-state index is -3.54. The lowest BCUT2D eigenvalue weighted by Gasteiger charge is -2.09. The predicted octanol–water partition coefficient (Wildman–Crippen LogP) is 3.45. The topological polar surface area (TPSA) is 60.2 Å². The maximum Gasteiger partial charge on any atom is 0.182 e. The van der Waals surface area contributed by atoms with Crippen LogP contribution in [0.5, 0.6) is 0 Å². The van der Waals surface area contributed by atoms with Crippen molar-refractivity contribution in [2.75, 3.05) is 5.73 Å². The molecule has 0 fully saturated rings.